The van der Waals surface area contributed by atoms with Gasteiger partial charge in [-0.15, -0.1) is 0 Å². The molecule has 0 fully saturated rings. The van der Waals surface area contributed by atoms with Crippen LogP contribution in [-0.4, -0.2) is 19.1 Å². The summed E-state index contributed by atoms with van der Waals surface area (Å²) in [5.41, 5.74) is 0. The summed E-state index contributed by atoms with van der Waals surface area (Å²) < 4.78 is 6.01. The van der Waals surface area contributed by atoms with Crippen molar-refractivity contribution in [1.82, 2.24) is 5.32 Å². The summed E-state index contributed by atoms with van der Waals surface area (Å²) in [7, 11) is 1.62. The topological polar surface area (TPSA) is 38.3 Å². The lowest BCUT2D eigenvalue weighted by Crippen LogP contribution is -2.42. The average molecular weight is 256 g/mol. The summed E-state index contributed by atoms with van der Waals surface area (Å²) in [5.74, 6) is 0.917. The quantitative estimate of drug-likeness (QED) is 0.771. The average Bonchev–Trinajstić information content (AvgIpc) is 2.16. The standard InChI is InChI=1S/C10H10BrNO2/c1-14-6-2-3-7-8(11)5-10(13)12-9(7)4-6/h2-5,7,9H,1H3,(H,12,13). The van der Waals surface area contributed by atoms with Crippen LogP contribution in [0.3, 0.4) is 0 Å². The van der Waals surface area contributed by atoms with Gasteiger partial charge in [0.25, 0.3) is 0 Å². The molecule has 4 heteroatoms. The van der Waals surface area contributed by atoms with E-state index in [1.54, 1.807) is 13.2 Å². The number of nitrogens with one attached hydrogen (secondary N) is 1. The molecular formula is C10H10BrNO2. The number of carbonyl (C=O) groups is 1. The first-order valence-corrected chi connectivity index (χ1v) is 5.11. The van der Waals surface area contributed by atoms with Crippen molar-refractivity contribution in [2.75, 3.05) is 7.11 Å². The molecule has 14 heavy (non-hydrogen) atoms. The molecular weight excluding hydrogens is 246 g/mol. The molecule has 0 radical (unpaired) electrons. The number of allylic oxidation sites excluding steroid dienone is 1. The van der Waals surface area contributed by atoms with Crippen LogP contribution in [0.15, 0.2) is 34.5 Å². The van der Waals surface area contributed by atoms with E-state index in [2.05, 4.69) is 21.2 Å². The van der Waals surface area contributed by atoms with Crippen molar-refractivity contribution in [3.05, 3.63) is 34.5 Å². The van der Waals surface area contributed by atoms with Gasteiger partial charge in [0.05, 0.1) is 13.2 Å². The van der Waals surface area contributed by atoms with Crippen LogP contribution >= 0.6 is 15.9 Å². The first kappa shape index (κ1) is 9.52. The molecule has 3 nitrogen and oxygen atoms in total. The monoisotopic (exact) mass is 255 g/mol. The van der Waals surface area contributed by atoms with Gasteiger partial charge in [0.2, 0.25) is 5.91 Å². The Morgan fingerprint density at radius 1 is 1.57 bits per heavy atom. The van der Waals surface area contributed by atoms with Crippen molar-refractivity contribution in [3.63, 3.8) is 0 Å². The lowest BCUT2D eigenvalue weighted by Gasteiger charge is -2.29. The molecule has 0 aromatic rings. The van der Waals surface area contributed by atoms with Crippen LogP contribution < -0.4 is 5.32 Å². The SMILES string of the molecule is COC1=CC2NC(=O)C=C(Br)C2C=C1. The molecule has 2 rings (SSSR count). The number of rotatable bonds is 1. The third-order valence-electron chi connectivity index (χ3n) is 2.33. The minimum absolute atomic E-state index is 0.00169. The Morgan fingerprint density at radius 3 is 3.07 bits per heavy atom. The summed E-state index contributed by atoms with van der Waals surface area (Å²) >= 11 is 3.39. The van der Waals surface area contributed by atoms with E-state index in [0.717, 1.165) is 10.2 Å². The molecule has 0 bridgehead atoms. The molecule has 1 aliphatic carbocycles. The molecule has 0 aromatic carbocycles. The van der Waals surface area contributed by atoms with Crippen LogP contribution in [0, 0.1) is 5.92 Å². The number of hydrogen-bond acceptors (Lipinski definition) is 2. The molecule has 1 heterocycles. The first-order chi connectivity index (χ1) is 6.70. The maximum absolute atomic E-state index is 11.2. The predicted octanol–water partition coefficient (Wildman–Crippen LogP) is 1.48. The highest BCUT2D eigenvalue weighted by Crippen LogP contribution is 2.30. The van der Waals surface area contributed by atoms with Gasteiger partial charge in [-0.25, -0.2) is 0 Å². The summed E-state index contributed by atoms with van der Waals surface area (Å²) in [6, 6.07) is 0.00169. The Bertz CT molecular complexity index is 357. The van der Waals surface area contributed by atoms with Crippen LogP contribution in [0.1, 0.15) is 0 Å². The second-order valence-corrected chi connectivity index (χ2v) is 4.14. The van der Waals surface area contributed by atoms with Crippen LogP contribution in [0.25, 0.3) is 0 Å². The van der Waals surface area contributed by atoms with Gasteiger partial charge in [-0.2, -0.15) is 0 Å². The maximum Gasteiger partial charge on any atom is 0.245 e. The molecule has 1 amide bonds. The van der Waals surface area contributed by atoms with E-state index in [9.17, 15) is 4.79 Å². The van der Waals surface area contributed by atoms with Crippen molar-refractivity contribution in [1.29, 1.82) is 0 Å². The molecule has 2 unspecified atom stereocenters. The van der Waals surface area contributed by atoms with E-state index in [1.165, 1.54) is 0 Å². The van der Waals surface area contributed by atoms with E-state index in [0.29, 0.717) is 0 Å². The zero-order valence-corrected chi connectivity index (χ0v) is 9.24. The Kier molecular flexibility index (Phi) is 2.46. The smallest absolute Gasteiger partial charge is 0.245 e. The third-order valence-corrected chi connectivity index (χ3v) is 3.09. The summed E-state index contributed by atoms with van der Waals surface area (Å²) in [5, 5.41) is 2.86. The Hall–Kier alpha value is -1.03. The second-order valence-electron chi connectivity index (χ2n) is 3.22. The van der Waals surface area contributed by atoms with E-state index in [1.807, 2.05) is 18.2 Å². The second kappa shape index (κ2) is 3.61. The summed E-state index contributed by atoms with van der Waals surface area (Å²) in [6.07, 6.45) is 7.41. The number of ether oxygens (including phenoxy) is 1. The number of fused-ring (bicyclic) bond motifs is 1. The highest BCUT2D eigenvalue weighted by molar-refractivity contribution is 9.11. The minimum Gasteiger partial charge on any atom is -0.497 e. The Morgan fingerprint density at radius 2 is 2.36 bits per heavy atom. The fourth-order valence-electron chi connectivity index (χ4n) is 1.61. The van der Waals surface area contributed by atoms with Crippen molar-refractivity contribution in [2.24, 2.45) is 5.92 Å². The molecule has 0 saturated carbocycles. The molecule has 2 atom stereocenters. The zero-order valence-electron chi connectivity index (χ0n) is 7.66. The highest BCUT2D eigenvalue weighted by Gasteiger charge is 2.28. The molecule has 1 N–H and O–H groups in total. The first-order valence-electron chi connectivity index (χ1n) is 4.32. The fourth-order valence-corrected chi connectivity index (χ4v) is 2.26. The van der Waals surface area contributed by atoms with E-state index in [4.69, 9.17) is 4.74 Å². The molecule has 74 valence electrons. The van der Waals surface area contributed by atoms with Crippen LogP contribution in [0.4, 0.5) is 0 Å². The van der Waals surface area contributed by atoms with Gasteiger partial charge in [0.15, 0.2) is 0 Å². The van der Waals surface area contributed by atoms with Crippen LogP contribution in [-0.2, 0) is 9.53 Å². The van der Waals surface area contributed by atoms with E-state index in [-0.39, 0.29) is 17.9 Å². The highest BCUT2D eigenvalue weighted by atomic mass is 79.9. The Balaban J connectivity index is 2.29. The summed E-state index contributed by atoms with van der Waals surface area (Å²) in [4.78, 5) is 11.2. The minimum atomic E-state index is -0.0693. The lowest BCUT2D eigenvalue weighted by molar-refractivity contribution is -0.117. The largest absolute Gasteiger partial charge is 0.497 e. The van der Waals surface area contributed by atoms with Gasteiger partial charge in [0.1, 0.15) is 5.76 Å². The summed E-state index contributed by atoms with van der Waals surface area (Å²) in [6.45, 7) is 0. The normalized spacial score (nSPS) is 30.0. The van der Waals surface area contributed by atoms with E-state index < -0.39 is 0 Å². The molecule has 0 aromatic heterocycles. The molecule has 0 saturated heterocycles. The van der Waals surface area contributed by atoms with Crippen LogP contribution in [0.2, 0.25) is 0 Å². The molecule has 0 spiro atoms. The van der Waals surface area contributed by atoms with Crippen molar-refractivity contribution in [3.8, 4) is 0 Å². The van der Waals surface area contributed by atoms with Gasteiger partial charge < -0.3 is 10.1 Å². The van der Waals surface area contributed by atoms with Gasteiger partial charge >= 0.3 is 0 Å². The van der Waals surface area contributed by atoms with Crippen molar-refractivity contribution >= 4 is 21.8 Å². The van der Waals surface area contributed by atoms with Crippen molar-refractivity contribution in [2.45, 2.75) is 6.04 Å². The van der Waals surface area contributed by atoms with E-state index >= 15 is 0 Å². The zero-order chi connectivity index (χ0) is 10.1. The number of hydrogen-bond donors (Lipinski definition) is 1. The van der Waals surface area contributed by atoms with Crippen molar-refractivity contribution < 1.29 is 9.53 Å². The lowest BCUT2D eigenvalue weighted by atomic mass is 9.91. The number of carbonyl (C=O) groups excluding carboxylic acids is 1. The molecule has 2 aliphatic rings. The maximum atomic E-state index is 11.2. The number of amides is 1. The van der Waals surface area contributed by atoms with Gasteiger partial charge in [-0.1, -0.05) is 22.0 Å². The fraction of sp³-hybridized carbons (Fsp3) is 0.300. The van der Waals surface area contributed by atoms with Gasteiger partial charge in [-0.3, -0.25) is 4.79 Å². The van der Waals surface area contributed by atoms with Gasteiger partial charge in [0, 0.05) is 16.5 Å². The third kappa shape index (κ3) is 1.62. The number of methoxy groups -OCH3 is 1. The number of halogens is 1. The molecule has 1 aliphatic heterocycles. The Labute approximate surface area is 90.6 Å². The predicted molar refractivity (Wildman–Crippen MR) is 56.7 cm³/mol. The van der Waals surface area contributed by atoms with Crippen LogP contribution in [0.5, 0.6) is 0 Å². The van der Waals surface area contributed by atoms with Gasteiger partial charge in [-0.05, 0) is 12.2 Å².